The molecule has 0 radical (unpaired) electrons. The number of hydrogen-bond acceptors (Lipinski definition) is 5. The van der Waals surface area contributed by atoms with E-state index in [1.807, 2.05) is 30.2 Å². The van der Waals surface area contributed by atoms with Crippen molar-refractivity contribution in [2.24, 2.45) is 5.92 Å². The quantitative estimate of drug-likeness (QED) is 0.944. The van der Waals surface area contributed by atoms with E-state index in [1.165, 1.54) is 28.7 Å². The molecular weight excluding hydrogens is 270 g/mol. The van der Waals surface area contributed by atoms with E-state index in [9.17, 15) is 5.11 Å². The molecule has 1 aliphatic rings. The number of fused-ring (bicyclic) bond motifs is 3. The van der Waals surface area contributed by atoms with Gasteiger partial charge in [0.1, 0.15) is 16.5 Å². The number of thiophene rings is 1. The molecule has 0 spiro atoms. The van der Waals surface area contributed by atoms with Crippen molar-refractivity contribution in [2.45, 2.75) is 33.1 Å². The lowest BCUT2D eigenvalue weighted by atomic mass is 9.89. The van der Waals surface area contributed by atoms with Crippen LogP contribution in [0.4, 0.5) is 5.82 Å². The van der Waals surface area contributed by atoms with Crippen LogP contribution in [0.3, 0.4) is 0 Å². The summed E-state index contributed by atoms with van der Waals surface area (Å²) in [5.74, 6) is 2.56. The standard InChI is InChI=1S/C15H21N3OS/c1-9-4-5-11-12(8-9)20-15-13(11)14(16-10(2)17-15)18(3)6-7-19/h9,19H,4-8H2,1-3H3. The summed E-state index contributed by atoms with van der Waals surface area (Å²) in [7, 11) is 1.99. The molecule has 1 aliphatic carbocycles. The van der Waals surface area contributed by atoms with Gasteiger partial charge in [-0.1, -0.05) is 6.92 Å². The third kappa shape index (κ3) is 2.29. The molecule has 1 atom stereocenters. The van der Waals surface area contributed by atoms with Gasteiger partial charge in [0.15, 0.2) is 0 Å². The molecule has 108 valence electrons. The van der Waals surface area contributed by atoms with Gasteiger partial charge in [-0.3, -0.25) is 0 Å². The zero-order valence-corrected chi connectivity index (χ0v) is 13.1. The molecule has 0 bridgehead atoms. The maximum absolute atomic E-state index is 9.18. The number of anilines is 1. The zero-order chi connectivity index (χ0) is 14.3. The van der Waals surface area contributed by atoms with E-state index in [4.69, 9.17) is 0 Å². The molecular formula is C15H21N3OS. The van der Waals surface area contributed by atoms with Crippen LogP contribution in [-0.4, -0.2) is 35.3 Å². The fourth-order valence-corrected chi connectivity index (χ4v) is 4.38. The molecule has 0 fully saturated rings. The SMILES string of the molecule is Cc1nc(N(C)CCO)c2c3c(sc2n1)CC(C)CC3. The van der Waals surface area contributed by atoms with Gasteiger partial charge >= 0.3 is 0 Å². The highest BCUT2D eigenvalue weighted by Crippen LogP contribution is 2.40. The maximum Gasteiger partial charge on any atom is 0.141 e. The smallest absolute Gasteiger partial charge is 0.141 e. The molecule has 3 rings (SSSR count). The van der Waals surface area contributed by atoms with Crippen molar-refractivity contribution < 1.29 is 5.11 Å². The summed E-state index contributed by atoms with van der Waals surface area (Å²) in [4.78, 5) is 13.9. The Morgan fingerprint density at radius 1 is 1.40 bits per heavy atom. The third-order valence-electron chi connectivity index (χ3n) is 4.04. The van der Waals surface area contributed by atoms with Crippen LogP contribution in [0.15, 0.2) is 0 Å². The van der Waals surface area contributed by atoms with Crippen LogP contribution in [0.5, 0.6) is 0 Å². The molecule has 0 aliphatic heterocycles. The number of rotatable bonds is 3. The number of aryl methyl sites for hydroxylation is 2. The second-order valence-corrected chi connectivity index (χ2v) is 6.86. The molecule has 20 heavy (non-hydrogen) atoms. The largest absolute Gasteiger partial charge is 0.395 e. The Hall–Kier alpha value is -1.20. The van der Waals surface area contributed by atoms with Crippen molar-refractivity contribution in [1.82, 2.24) is 9.97 Å². The fourth-order valence-electron chi connectivity index (χ4n) is 2.96. The van der Waals surface area contributed by atoms with Gasteiger partial charge in [-0.05, 0) is 37.7 Å². The highest BCUT2D eigenvalue weighted by Gasteiger charge is 2.24. The first kappa shape index (κ1) is 13.8. The van der Waals surface area contributed by atoms with Crippen LogP contribution in [-0.2, 0) is 12.8 Å². The monoisotopic (exact) mass is 291 g/mol. The second-order valence-electron chi connectivity index (χ2n) is 5.77. The maximum atomic E-state index is 9.18. The topological polar surface area (TPSA) is 49.2 Å². The Morgan fingerprint density at radius 3 is 2.95 bits per heavy atom. The third-order valence-corrected chi connectivity index (χ3v) is 5.19. The van der Waals surface area contributed by atoms with Gasteiger partial charge in [0.05, 0.1) is 12.0 Å². The Kier molecular flexibility index (Phi) is 3.65. The molecule has 0 amide bonds. The first-order valence-corrected chi connectivity index (χ1v) is 8.02. The Bertz CT molecular complexity index is 638. The van der Waals surface area contributed by atoms with E-state index in [-0.39, 0.29) is 6.61 Å². The van der Waals surface area contributed by atoms with Crippen LogP contribution in [0, 0.1) is 12.8 Å². The summed E-state index contributed by atoms with van der Waals surface area (Å²) in [5, 5.41) is 10.4. The van der Waals surface area contributed by atoms with E-state index in [1.54, 1.807) is 0 Å². The van der Waals surface area contributed by atoms with Crippen LogP contribution in [0.1, 0.15) is 29.6 Å². The lowest BCUT2D eigenvalue weighted by Crippen LogP contribution is -2.23. The predicted molar refractivity (Wildman–Crippen MR) is 83.7 cm³/mol. The second kappa shape index (κ2) is 5.30. The minimum atomic E-state index is 0.143. The summed E-state index contributed by atoms with van der Waals surface area (Å²) in [6, 6.07) is 0. The summed E-state index contributed by atoms with van der Waals surface area (Å²) in [5.41, 5.74) is 1.45. The summed E-state index contributed by atoms with van der Waals surface area (Å²) in [6.45, 7) is 5.01. The van der Waals surface area contributed by atoms with Crippen molar-refractivity contribution in [3.05, 3.63) is 16.3 Å². The van der Waals surface area contributed by atoms with Gasteiger partial charge in [-0.25, -0.2) is 9.97 Å². The average molecular weight is 291 g/mol. The molecule has 1 unspecified atom stereocenters. The average Bonchev–Trinajstić information content (AvgIpc) is 2.74. The number of hydrogen-bond donors (Lipinski definition) is 1. The van der Waals surface area contributed by atoms with E-state index in [0.29, 0.717) is 6.54 Å². The van der Waals surface area contributed by atoms with Crippen LogP contribution in [0.2, 0.25) is 0 Å². The van der Waals surface area contributed by atoms with Crippen LogP contribution < -0.4 is 4.90 Å². The van der Waals surface area contributed by atoms with Gasteiger partial charge in [0.2, 0.25) is 0 Å². The number of aliphatic hydroxyl groups excluding tert-OH is 1. The van der Waals surface area contributed by atoms with E-state index in [0.717, 1.165) is 28.8 Å². The lowest BCUT2D eigenvalue weighted by molar-refractivity contribution is 0.304. The van der Waals surface area contributed by atoms with Gasteiger partial charge in [-0.2, -0.15) is 0 Å². The van der Waals surface area contributed by atoms with Gasteiger partial charge in [-0.15, -0.1) is 11.3 Å². The zero-order valence-electron chi connectivity index (χ0n) is 12.3. The van der Waals surface area contributed by atoms with E-state index < -0.39 is 0 Å². The van der Waals surface area contributed by atoms with Crippen molar-refractivity contribution >= 4 is 27.4 Å². The van der Waals surface area contributed by atoms with E-state index >= 15 is 0 Å². The van der Waals surface area contributed by atoms with Gasteiger partial charge < -0.3 is 10.0 Å². The Balaban J connectivity index is 2.18. The molecule has 1 N–H and O–H groups in total. The normalized spacial score (nSPS) is 18.3. The van der Waals surface area contributed by atoms with Crippen LogP contribution in [0.25, 0.3) is 10.2 Å². The molecule has 0 saturated heterocycles. The number of likely N-dealkylation sites (N-methyl/N-ethyl adjacent to an activating group) is 1. The van der Waals surface area contributed by atoms with Crippen LogP contribution >= 0.6 is 11.3 Å². The number of nitrogens with zero attached hydrogens (tertiary/aromatic N) is 3. The number of aliphatic hydroxyl groups is 1. The number of aromatic nitrogens is 2. The summed E-state index contributed by atoms with van der Waals surface area (Å²) in [6.07, 6.45) is 3.54. The molecule has 2 aromatic heterocycles. The molecule has 2 aromatic rings. The van der Waals surface area contributed by atoms with Crippen molar-refractivity contribution in [1.29, 1.82) is 0 Å². The first-order chi connectivity index (χ1) is 9.60. The highest BCUT2D eigenvalue weighted by molar-refractivity contribution is 7.19. The summed E-state index contributed by atoms with van der Waals surface area (Å²) >= 11 is 1.83. The van der Waals surface area contributed by atoms with E-state index in [2.05, 4.69) is 16.9 Å². The predicted octanol–water partition coefficient (Wildman–Crippen LogP) is 2.55. The minimum absolute atomic E-state index is 0.143. The molecule has 5 heteroatoms. The minimum Gasteiger partial charge on any atom is -0.395 e. The molecule has 0 aromatic carbocycles. The van der Waals surface area contributed by atoms with Crippen molar-refractivity contribution in [3.63, 3.8) is 0 Å². The molecule has 2 heterocycles. The molecule has 4 nitrogen and oxygen atoms in total. The lowest BCUT2D eigenvalue weighted by Gasteiger charge is -2.21. The van der Waals surface area contributed by atoms with Crippen molar-refractivity contribution in [3.8, 4) is 0 Å². The van der Waals surface area contributed by atoms with Gasteiger partial charge in [0, 0.05) is 18.5 Å². The highest BCUT2D eigenvalue weighted by atomic mass is 32.1. The fraction of sp³-hybridized carbons (Fsp3) is 0.600. The first-order valence-electron chi connectivity index (χ1n) is 7.21. The van der Waals surface area contributed by atoms with Crippen molar-refractivity contribution in [2.75, 3.05) is 25.1 Å². The van der Waals surface area contributed by atoms with Gasteiger partial charge in [0.25, 0.3) is 0 Å². The summed E-state index contributed by atoms with van der Waals surface area (Å²) < 4.78 is 0. The Labute approximate surface area is 123 Å². The molecule has 0 saturated carbocycles. The Morgan fingerprint density at radius 2 is 2.20 bits per heavy atom.